The van der Waals surface area contributed by atoms with Crippen LogP contribution in [-0.2, 0) is 16.1 Å². The third kappa shape index (κ3) is 4.13. The van der Waals surface area contributed by atoms with E-state index in [1.807, 2.05) is 18.2 Å². The molecule has 2 aromatic rings. The molecule has 0 aliphatic carbocycles. The van der Waals surface area contributed by atoms with Gasteiger partial charge in [-0.2, -0.15) is 0 Å². The van der Waals surface area contributed by atoms with Crippen molar-refractivity contribution in [3.05, 3.63) is 75.9 Å². The second-order valence-electron chi connectivity index (χ2n) is 5.42. The summed E-state index contributed by atoms with van der Waals surface area (Å²) in [4.78, 5) is 24.5. The number of anilines is 1. The number of rotatable bonds is 4. The molecule has 1 aliphatic rings. The molecule has 0 unspecified atom stereocenters. The molecule has 1 aliphatic heterocycles. The van der Waals surface area contributed by atoms with Crippen LogP contribution in [0.3, 0.4) is 0 Å². The summed E-state index contributed by atoms with van der Waals surface area (Å²) in [6, 6.07) is 14.2. The Morgan fingerprint density at radius 3 is 2.64 bits per heavy atom. The lowest BCUT2D eigenvalue weighted by Gasteiger charge is -2.28. The van der Waals surface area contributed by atoms with Crippen LogP contribution >= 0.6 is 23.2 Å². The molecular formula is C18H15Cl2N3O2. The number of nitrogens with one attached hydrogen (secondary N) is 2. The fourth-order valence-corrected chi connectivity index (χ4v) is 2.85. The van der Waals surface area contributed by atoms with E-state index in [1.165, 1.54) is 5.01 Å². The maximum atomic E-state index is 12.4. The van der Waals surface area contributed by atoms with Crippen molar-refractivity contribution in [2.24, 2.45) is 0 Å². The maximum absolute atomic E-state index is 12.4. The average molecular weight is 376 g/mol. The van der Waals surface area contributed by atoms with Gasteiger partial charge in [-0.05, 0) is 35.9 Å². The van der Waals surface area contributed by atoms with E-state index < -0.39 is 0 Å². The molecule has 0 radical (unpaired) electrons. The van der Waals surface area contributed by atoms with Gasteiger partial charge in [0.15, 0.2) is 0 Å². The third-order valence-electron chi connectivity index (χ3n) is 3.68. The predicted molar refractivity (Wildman–Crippen MR) is 98.1 cm³/mol. The summed E-state index contributed by atoms with van der Waals surface area (Å²) in [5.74, 6) is -0.456. The van der Waals surface area contributed by atoms with Crippen LogP contribution in [0.5, 0.6) is 0 Å². The Morgan fingerprint density at radius 1 is 1.16 bits per heavy atom. The highest BCUT2D eigenvalue weighted by Crippen LogP contribution is 2.21. The molecule has 1 heterocycles. The van der Waals surface area contributed by atoms with E-state index in [0.29, 0.717) is 21.4 Å². The zero-order chi connectivity index (χ0) is 17.8. The molecule has 2 amide bonds. The van der Waals surface area contributed by atoms with Crippen LogP contribution in [0.4, 0.5) is 5.69 Å². The standard InChI is InChI=1S/C18H15Cl2N3O2/c19-13-7-6-12(15(20)10-13)11-21-18(25)16-8-9-17(24)23(22-16)14-4-2-1-3-5-14/h1-8,10,22H,9,11H2,(H,21,25). The van der Waals surface area contributed by atoms with E-state index in [9.17, 15) is 9.59 Å². The number of halogens is 2. The summed E-state index contributed by atoms with van der Waals surface area (Å²) in [5, 5.41) is 5.17. The Labute approximate surface area is 155 Å². The first-order valence-corrected chi connectivity index (χ1v) is 8.37. The number of hydrogen-bond donors (Lipinski definition) is 2. The van der Waals surface area contributed by atoms with Crippen LogP contribution in [0.1, 0.15) is 12.0 Å². The predicted octanol–water partition coefficient (Wildman–Crippen LogP) is 3.44. The Balaban J connectivity index is 1.67. The quantitative estimate of drug-likeness (QED) is 0.860. The Hall–Kier alpha value is -2.50. The summed E-state index contributed by atoms with van der Waals surface area (Å²) in [7, 11) is 0. The Morgan fingerprint density at radius 2 is 1.92 bits per heavy atom. The third-order valence-corrected chi connectivity index (χ3v) is 4.26. The van der Waals surface area contributed by atoms with Crippen molar-refractivity contribution >= 4 is 40.7 Å². The van der Waals surface area contributed by atoms with Gasteiger partial charge in [0, 0.05) is 23.0 Å². The average Bonchev–Trinajstić information content (AvgIpc) is 2.62. The van der Waals surface area contributed by atoms with Gasteiger partial charge in [-0.15, -0.1) is 0 Å². The van der Waals surface area contributed by atoms with E-state index in [4.69, 9.17) is 23.2 Å². The van der Waals surface area contributed by atoms with Crippen molar-refractivity contribution in [1.29, 1.82) is 0 Å². The number of amides is 2. The van der Waals surface area contributed by atoms with Gasteiger partial charge >= 0.3 is 0 Å². The fourth-order valence-electron chi connectivity index (χ4n) is 2.37. The van der Waals surface area contributed by atoms with Crippen molar-refractivity contribution < 1.29 is 9.59 Å². The van der Waals surface area contributed by atoms with Gasteiger partial charge in [0.25, 0.3) is 5.91 Å². The molecule has 5 nitrogen and oxygen atoms in total. The van der Waals surface area contributed by atoms with Gasteiger partial charge in [-0.1, -0.05) is 47.5 Å². The van der Waals surface area contributed by atoms with Crippen molar-refractivity contribution in [2.75, 3.05) is 5.01 Å². The van der Waals surface area contributed by atoms with Crippen molar-refractivity contribution in [2.45, 2.75) is 13.0 Å². The molecule has 0 aromatic heterocycles. The topological polar surface area (TPSA) is 61.4 Å². The number of hydrogen-bond acceptors (Lipinski definition) is 3. The lowest BCUT2D eigenvalue weighted by molar-refractivity contribution is -0.120. The van der Waals surface area contributed by atoms with Gasteiger partial charge in [0.2, 0.25) is 5.91 Å². The highest BCUT2D eigenvalue weighted by molar-refractivity contribution is 6.35. The number of benzene rings is 2. The molecule has 7 heteroatoms. The zero-order valence-corrected chi connectivity index (χ0v) is 14.6. The maximum Gasteiger partial charge on any atom is 0.269 e. The van der Waals surface area contributed by atoms with E-state index in [2.05, 4.69) is 10.7 Å². The molecule has 3 rings (SSSR count). The second-order valence-corrected chi connectivity index (χ2v) is 6.26. The van der Waals surface area contributed by atoms with Gasteiger partial charge in [-0.25, -0.2) is 5.01 Å². The van der Waals surface area contributed by atoms with Gasteiger partial charge in [0.05, 0.1) is 5.69 Å². The summed E-state index contributed by atoms with van der Waals surface area (Å²) in [5.41, 5.74) is 4.60. The first-order chi connectivity index (χ1) is 12.0. The first-order valence-electron chi connectivity index (χ1n) is 7.61. The second kappa shape index (κ2) is 7.59. The van der Waals surface area contributed by atoms with Crippen LogP contribution in [-0.4, -0.2) is 11.8 Å². The molecule has 128 valence electrons. The van der Waals surface area contributed by atoms with Crippen LogP contribution in [0.15, 0.2) is 60.3 Å². The van der Waals surface area contributed by atoms with Crippen molar-refractivity contribution in [3.8, 4) is 0 Å². The van der Waals surface area contributed by atoms with Gasteiger partial charge in [0.1, 0.15) is 5.70 Å². The minimum Gasteiger partial charge on any atom is -0.347 e. The van der Waals surface area contributed by atoms with Gasteiger partial charge in [-0.3, -0.25) is 15.0 Å². The fraction of sp³-hybridized carbons (Fsp3) is 0.111. The lowest BCUT2D eigenvalue weighted by Crippen LogP contribution is -2.48. The molecule has 25 heavy (non-hydrogen) atoms. The van der Waals surface area contributed by atoms with Crippen LogP contribution in [0, 0.1) is 0 Å². The Kier molecular flexibility index (Phi) is 5.26. The van der Waals surface area contributed by atoms with E-state index in [1.54, 1.807) is 36.4 Å². The molecule has 0 bridgehead atoms. The zero-order valence-electron chi connectivity index (χ0n) is 13.1. The minimum absolute atomic E-state index is 0.136. The molecule has 0 spiro atoms. The molecule has 0 fully saturated rings. The number of para-hydroxylation sites is 1. The molecular weight excluding hydrogens is 361 g/mol. The lowest BCUT2D eigenvalue weighted by atomic mass is 10.2. The number of carbonyl (C=O) groups excluding carboxylic acids is 2. The first kappa shape index (κ1) is 17.3. The monoisotopic (exact) mass is 375 g/mol. The molecule has 0 saturated carbocycles. The molecule has 0 saturated heterocycles. The summed E-state index contributed by atoms with van der Waals surface area (Å²) >= 11 is 12.0. The van der Waals surface area contributed by atoms with Gasteiger partial charge < -0.3 is 5.32 Å². The highest BCUT2D eigenvalue weighted by atomic mass is 35.5. The van der Waals surface area contributed by atoms with E-state index in [0.717, 1.165) is 5.56 Å². The summed E-state index contributed by atoms with van der Waals surface area (Å²) < 4.78 is 0. The summed E-state index contributed by atoms with van der Waals surface area (Å²) in [6.45, 7) is 0.257. The summed E-state index contributed by atoms with van der Waals surface area (Å²) in [6.07, 6.45) is 1.72. The largest absolute Gasteiger partial charge is 0.347 e. The highest BCUT2D eigenvalue weighted by Gasteiger charge is 2.23. The van der Waals surface area contributed by atoms with E-state index >= 15 is 0 Å². The van der Waals surface area contributed by atoms with Crippen LogP contribution < -0.4 is 15.8 Å². The number of carbonyl (C=O) groups is 2. The van der Waals surface area contributed by atoms with Crippen molar-refractivity contribution in [1.82, 2.24) is 10.7 Å². The number of hydrazine groups is 1. The molecule has 0 atom stereocenters. The normalized spacial score (nSPS) is 13.9. The smallest absolute Gasteiger partial charge is 0.269 e. The molecule has 2 N–H and O–H groups in total. The minimum atomic E-state index is -0.320. The van der Waals surface area contributed by atoms with Crippen LogP contribution in [0.2, 0.25) is 10.0 Å². The van der Waals surface area contributed by atoms with Crippen LogP contribution in [0.25, 0.3) is 0 Å². The number of nitrogens with zero attached hydrogens (tertiary/aromatic N) is 1. The molecule has 2 aromatic carbocycles. The van der Waals surface area contributed by atoms with Crippen molar-refractivity contribution in [3.63, 3.8) is 0 Å². The SMILES string of the molecule is O=C(NCc1ccc(Cl)cc1Cl)C1=CCC(=O)N(c2ccccc2)N1. The Bertz CT molecular complexity index is 837. The van der Waals surface area contributed by atoms with E-state index in [-0.39, 0.29) is 24.8 Å².